The van der Waals surface area contributed by atoms with Crippen molar-refractivity contribution in [2.75, 3.05) is 13.6 Å². The van der Waals surface area contributed by atoms with Crippen molar-refractivity contribution in [3.8, 4) is 0 Å². The van der Waals surface area contributed by atoms with Gasteiger partial charge in [0.1, 0.15) is 0 Å². The molecular weight excluding hydrogens is 216 g/mol. The third kappa shape index (κ3) is 3.03. The molecule has 4 heteroatoms. The summed E-state index contributed by atoms with van der Waals surface area (Å²) in [4.78, 5) is 17.7. The zero-order valence-electron chi connectivity index (χ0n) is 10.3. The molecule has 4 nitrogen and oxygen atoms in total. The number of carbonyl (C=O) groups is 1. The van der Waals surface area contributed by atoms with E-state index in [1.807, 2.05) is 13.0 Å². The van der Waals surface area contributed by atoms with Crippen LogP contribution in [0.5, 0.6) is 0 Å². The molecule has 0 spiro atoms. The Balaban J connectivity index is 1.96. The second kappa shape index (κ2) is 4.84. The molecule has 1 aliphatic rings. The van der Waals surface area contributed by atoms with Crippen LogP contribution in [0.1, 0.15) is 28.9 Å². The van der Waals surface area contributed by atoms with Crippen molar-refractivity contribution in [3.63, 3.8) is 0 Å². The number of likely N-dealkylation sites (N-methyl/N-ethyl adjacent to an activating group) is 1. The molecule has 1 atom stereocenters. The molecule has 0 radical (unpaired) electrons. The first-order chi connectivity index (χ1) is 8.08. The number of rotatable bonds is 4. The second-order valence-electron chi connectivity index (χ2n) is 4.78. The van der Waals surface area contributed by atoms with Crippen LogP contribution in [0.15, 0.2) is 18.3 Å². The Kier molecular flexibility index (Phi) is 3.43. The Morgan fingerprint density at radius 3 is 2.82 bits per heavy atom. The summed E-state index contributed by atoms with van der Waals surface area (Å²) in [7, 11) is 1.72. The number of aliphatic hydroxyl groups excluding tert-OH is 1. The van der Waals surface area contributed by atoms with E-state index in [0.717, 1.165) is 18.5 Å². The first-order valence-electron chi connectivity index (χ1n) is 5.94. The van der Waals surface area contributed by atoms with Crippen LogP contribution >= 0.6 is 0 Å². The zero-order chi connectivity index (χ0) is 12.4. The summed E-state index contributed by atoms with van der Waals surface area (Å²) in [5, 5.41) is 9.79. The lowest BCUT2D eigenvalue weighted by atomic mass is 10.2. The molecule has 0 aliphatic heterocycles. The fourth-order valence-electron chi connectivity index (χ4n) is 1.81. The molecule has 0 saturated heterocycles. The number of hydrogen-bond donors (Lipinski definition) is 1. The quantitative estimate of drug-likeness (QED) is 0.852. The van der Waals surface area contributed by atoms with Crippen LogP contribution in [0.2, 0.25) is 0 Å². The van der Waals surface area contributed by atoms with E-state index in [4.69, 9.17) is 0 Å². The van der Waals surface area contributed by atoms with Crippen molar-refractivity contribution in [2.45, 2.75) is 25.9 Å². The number of aromatic nitrogens is 1. The number of carbonyl (C=O) groups excluding carboxylic acids is 1. The molecule has 1 saturated carbocycles. The van der Waals surface area contributed by atoms with E-state index in [1.165, 1.54) is 0 Å². The maximum absolute atomic E-state index is 12.0. The first-order valence-corrected chi connectivity index (χ1v) is 5.94. The number of aliphatic hydroxyl groups is 1. The molecule has 1 amide bonds. The molecule has 0 aromatic carbocycles. The van der Waals surface area contributed by atoms with Crippen LogP contribution in [0.25, 0.3) is 0 Å². The summed E-state index contributed by atoms with van der Waals surface area (Å²) in [6.45, 7) is 2.28. The van der Waals surface area contributed by atoms with Gasteiger partial charge in [-0.2, -0.15) is 0 Å². The lowest BCUT2D eigenvalue weighted by Crippen LogP contribution is -2.35. The van der Waals surface area contributed by atoms with Gasteiger partial charge in [0, 0.05) is 25.5 Å². The van der Waals surface area contributed by atoms with Gasteiger partial charge in [-0.3, -0.25) is 9.78 Å². The van der Waals surface area contributed by atoms with Gasteiger partial charge in [-0.25, -0.2) is 0 Å². The topological polar surface area (TPSA) is 53.4 Å². The van der Waals surface area contributed by atoms with Crippen LogP contribution in [0.4, 0.5) is 0 Å². The number of hydrogen-bond acceptors (Lipinski definition) is 3. The average molecular weight is 234 g/mol. The summed E-state index contributed by atoms with van der Waals surface area (Å²) >= 11 is 0. The number of amides is 1. The molecule has 1 aromatic heterocycles. The minimum Gasteiger partial charge on any atom is -0.391 e. The monoisotopic (exact) mass is 234 g/mol. The molecule has 1 N–H and O–H groups in total. The molecule has 1 unspecified atom stereocenters. The van der Waals surface area contributed by atoms with E-state index >= 15 is 0 Å². The highest BCUT2D eigenvalue weighted by Gasteiger charge is 2.31. The minimum absolute atomic E-state index is 0.0859. The van der Waals surface area contributed by atoms with E-state index in [9.17, 15) is 9.90 Å². The second-order valence-corrected chi connectivity index (χ2v) is 4.78. The SMILES string of the molecule is Cc1ccc(C(=O)N(C)CC(O)C2CC2)cn1. The molecule has 2 rings (SSSR count). The maximum Gasteiger partial charge on any atom is 0.255 e. The van der Waals surface area contributed by atoms with Gasteiger partial charge in [0.05, 0.1) is 11.7 Å². The highest BCUT2D eigenvalue weighted by molar-refractivity contribution is 5.93. The van der Waals surface area contributed by atoms with Gasteiger partial charge in [0.2, 0.25) is 0 Å². The molecule has 1 fully saturated rings. The predicted molar refractivity (Wildman–Crippen MR) is 64.7 cm³/mol. The summed E-state index contributed by atoms with van der Waals surface area (Å²) in [6, 6.07) is 3.59. The van der Waals surface area contributed by atoms with E-state index in [0.29, 0.717) is 18.0 Å². The van der Waals surface area contributed by atoms with Crippen LogP contribution in [-0.2, 0) is 0 Å². The molecule has 92 valence electrons. The van der Waals surface area contributed by atoms with E-state index < -0.39 is 0 Å². The van der Waals surface area contributed by atoms with Crippen LogP contribution in [0, 0.1) is 12.8 Å². The number of nitrogens with zero attached hydrogens (tertiary/aromatic N) is 2. The molecular formula is C13H18N2O2. The summed E-state index contributed by atoms with van der Waals surface area (Å²) < 4.78 is 0. The van der Waals surface area contributed by atoms with Crippen LogP contribution in [-0.4, -0.2) is 40.6 Å². The molecule has 1 aliphatic carbocycles. The molecule has 1 heterocycles. The van der Waals surface area contributed by atoms with Gasteiger partial charge in [0.25, 0.3) is 5.91 Å². The zero-order valence-corrected chi connectivity index (χ0v) is 10.3. The van der Waals surface area contributed by atoms with E-state index in [2.05, 4.69) is 4.98 Å². The normalized spacial score (nSPS) is 16.6. The third-order valence-electron chi connectivity index (χ3n) is 3.13. The van der Waals surface area contributed by atoms with Gasteiger partial charge < -0.3 is 10.0 Å². The Bertz CT molecular complexity index is 398. The molecule has 0 bridgehead atoms. The van der Waals surface area contributed by atoms with Crippen molar-refractivity contribution < 1.29 is 9.90 Å². The highest BCUT2D eigenvalue weighted by atomic mass is 16.3. The lowest BCUT2D eigenvalue weighted by molar-refractivity contribution is 0.0645. The fraction of sp³-hybridized carbons (Fsp3) is 0.538. The van der Waals surface area contributed by atoms with Crippen molar-refractivity contribution in [1.82, 2.24) is 9.88 Å². The highest BCUT2D eigenvalue weighted by Crippen LogP contribution is 2.32. The Hall–Kier alpha value is -1.42. The van der Waals surface area contributed by atoms with E-state index in [1.54, 1.807) is 24.2 Å². The fourth-order valence-corrected chi connectivity index (χ4v) is 1.81. The van der Waals surface area contributed by atoms with Gasteiger partial charge in [0.15, 0.2) is 0 Å². The predicted octanol–water partition coefficient (Wildman–Crippen LogP) is 1.23. The smallest absolute Gasteiger partial charge is 0.255 e. The van der Waals surface area contributed by atoms with Gasteiger partial charge in [-0.1, -0.05) is 0 Å². The van der Waals surface area contributed by atoms with Crippen molar-refractivity contribution >= 4 is 5.91 Å². The van der Waals surface area contributed by atoms with Crippen LogP contribution in [0.3, 0.4) is 0 Å². The number of aryl methyl sites for hydroxylation is 1. The average Bonchev–Trinajstić information content (AvgIpc) is 3.12. The van der Waals surface area contributed by atoms with Crippen molar-refractivity contribution in [1.29, 1.82) is 0 Å². The Morgan fingerprint density at radius 2 is 2.29 bits per heavy atom. The Morgan fingerprint density at radius 1 is 1.59 bits per heavy atom. The van der Waals surface area contributed by atoms with Gasteiger partial charge in [-0.05, 0) is 37.8 Å². The van der Waals surface area contributed by atoms with Gasteiger partial charge >= 0.3 is 0 Å². The largest absolute Gasteiger partial charge is 0.391 e. The van der Waals surface area contributed by atoms with Crippen molar-refractivity contribution in [3.05, 3.63) is 29.6 Å². The van der Waals surface area contributed by atoms with Crippen molar-refractivity contribution in [2.24, 2.45) is 5.92 Å². The first kappa shape index (κ1) is 12.0. The minimum atomic E-state index is -0.387. The lowest BCUT2D eigenvalue weighted by Gasteiger charge is -2.20. The number of pyridine rings is 1. The summed E-state index contributed by atoms with van der Waals surface area (Å²) in [6.07, 6.45) is 3.35. The standard InChI is InChI=1S/C13H18N2O2/c1-9-3-4-11(7-14-9)13(17)15(2)8-12(16)10-5-6-10/h3-4,7,10,12,16H,5-6,8H2,1-2H3. The maximum atomic E-state index is 12.0. The van der Waals surface area contributed by atoms with Crippen LogP contribution < -0.4 is 0 Å². The third-order valence-corrected chi connectivity index (χ3v) is 3.13. The summed E-state index contributed by atoms with van der Waals surface area (Å²) in [5.74, 6) is 0.304. The molecule has 1 aromatic rings. The summed E-state index contributed by atoms with van der Waals surface area (Å²) in [5.41, 5.74) is 1.46. The van der Waals surface area contributed by atoms with E-state index in [-0.39, 0.29) is 12.0 Å². The van der Waals surface area contributed by atoms with Gasteiger partial charge in [-0.15, -0.1) is 0 Å². The Labute approximate surface area is 101 Å². The molecule has 17 heavy (non-hydrogen) atoms.